The molecule has 0 heterocycles. The van der Waals surface area contributed by atoms with E-state index in [4.69, 9.17) is 9.47 Å². The molecule has 0 saturated heterocycles. The highest BCUT2D eigenvalue weighted by molar-refractivity contribution is 5.84. The predicted molar refractivity (Wildman–Crippen MR) is 96.0 cm³/mol. The Balaban J connectivity index is 1.84. The number of ether oxygens (including phenoxy) is 2. The first kappa shape index (κ1) is 19.9. The van der Waals surface area contributed by atoms with Crippen LogP contribution in [0.25, 0.3) is 0 Å². The van der Waals surface area contributed by atoms with Gasteiger partial charge >= 0.3 is 11.9 Å². The van der Waals surface area contributed by atoms with Crippen LogP contribution in [0.3, 0.4) is 0 Å². The summed E-state index contributed by atoms with van der Waals surface area (Å²) in [6, 6.07) is 0. The highest BCUT2D eigenvalue weighted by atomic mass is 16.5. The van der Waals surface area contributed by atoms with Gasteiger partial charge in [0, 0.05) is 13.1 Å². The van der Waals surface area contributed by atoms with Crippen molar-refractivity contribution >= 4 is 11.9 Å². The van der Waals surface area contributed by atoms with Crippen molar-refractivity contribution in [2.75, 3.05) is 54.5 Å². The van der Waals surface area contributed by atoms with Crippen molar-refractivity contribution in [3.63, 3.8) is 0 Å². The van der Waals surface area contributed by atoms with Crippen molar-refractivity contribution in [1.82, 2.24) is 9.80 Å². The lowest BCUT2D eigenvalue weighted by molar-refractivity contribution is -0.161. The molecule has 25 heavy (non-hydrogen) atoms. The van der Waals surface area contributed by atoms with Gasteiger partial charge in [-0.2, -0.15) is 0 Å². The van der Waals surface area contributed by atoms with Gasteiger partial charge in [0.05, 0.1) is 25.0 Å². The standard InChI is InChI=1S/C19H32N2O4/c1-20(2)9-5-11-24-18(22)16-14-7-8-15(13-14)17(16)19(23)25-12-6-10-21(3)4/h7-8,14-17H,5-6,9-13H2,1-4H3. The fraction of sp³-hybridized carbons (Fsp3) is 0.789. The number of hydrogen-bond acceptors (Lipinski definition) is 6. The van der Waals surface area contributed by atoms with Crippen LogP contribution in [-0.2, 0) is 19.1 Å². The average Bonchev–Trinajstić information content (AvgIpc) is 3.15. The maximum atomic E-state index is 12.5. The van der Waals surface area contributed by atoms with E-state index >= 15 is 0 Å². The van der Waals surface area contributed by atoms with Gasteiger partial charge in [0.15, 0.2) is 0 Å². The zero-order chi connectivity index (χ0) is 18.4. The molecule has 6 heteroatoms. The fourth-order valence-corrected chi connectivity index (χ4v) is 3.76. The van der Waals surface area contributed by atoms with E-state index in [1.165, 1.54) is 0 Å². The first-order chi connectivity index (χ1) is 11.9. The molecule has 1 saturated carbocycles. The molecule has 0 N–H and O–H groups in total. The van der Waals surface area contributed by atoms with Crippen LogP contribution in [0.1, 0.15) is 19.3 Å². The van der Waals surface area contributed by atoms with Crippen LogP contribution in [0.5, 0.6) is 0 Å². The van der Waals surface area contributed by atoms with Crippen molar-refractivity contribution in [1.29, 1.82) is 0 Å². The third-order valence-electron chi connectivity index (χ3n) is 4.99. The van der Waals surface area contributed by atoms with Gasteiger partial charge < -0.3 is 19.3 Å². The van der Waals surface area contributed by atoms with Gasteiger partial charge in [-0.15, -0.1) is 0 Å². The molecule has 2 rings (SSSR count). The molecule has 142 valence electrons. The molecule has 0 aliphatic heterocycles. The smallest absolute Gasteiger partial charge is 0.310 e. The summed E-state index contributed by atoms with van der Waals surface area (Å²) in [5, 5.41) is 0. The first-order valence-corrected chi connectivity index (χ1v) is 9.21. The summed E-state index contributed by atoms with van der Waals surface area (Å²) >= 11 is 0. The molecule has 2 aliphatic rings. The summed E-state index contributed by atoms with van der Waals surface area (Å²) in [5.74, 6) is -1.01. The third-order valence-corrected chi connectivity index (χ3v) is 4.99. The van der Waals surface area contributed by atoms with Crippen LogP contribution in [0.15, 0.2) is 12.2 Å². The van der Waals surface area contributed by atoms with E-state index in [1.54, 1.807) is 0 Å². The minimum Gasteiger partial charge on any atom is -0.465 e. The lowest BCUT2D eigenvalue weighted by Crippen LogP contribution is -2.36. The molecule has 4 unspecified atom stereocenters. The van der Waals surface area contributed by atoms with Crippen LogP contribution < -0.4 is 0 Å². The van der Waals surface area contributed by atoms with Gasteiger partial charge in [-0.25, -0.2) is 0 Å². The summed E-state index contributed by atoms with van der Waals surface area (Å²) in [6.07, 6.45) is 6.58. The minimum atomic E-state index is -0.379. The van der Waals surface area contributed by atoms with Crippen molar-refractivity contribution in [2.24, 2.45) is 23.7 Å². The number of hydrogen-bond donors (Lipinski definition) is 0. The quantitative estimate of drug-likeness (QED) is 0.337. The number of nitrogens with zero attached hydrogens (tertiary/aromatic N) is 2. The summed E-state index contributed by atoms with van der Waals surface area (Å²) in [5.41, 5.74) is 0. The van der Waals surface area contributed by atoms with Gasteiger partial charge in [0.2, 0.25) is 0 Å². The number of rotatable bonds is 10. The van der Waals surface area contributed by atoms with E-state index in [1.807, 2.05) is 28.2 Å². The molecule has 0 aromatic heterocycles. The molecular formula is C19H32N2O4. The molecule has 0 amide bonds. The third kappa shape index (κ3) is 5.54. The highest BCUT2D eigenvalue weighted by Gasteiger charge is 2.53. The van der Waals surface area contributed by atoms with Crippen molar-refractivity contribution in [3.05, 3.63) is 12.2 Å². The van der Waals surface area contributed by atoms with Gasteiger partial charge in [-0.05, 0) is 59.3 Å². The van der Waals surface area contributed by atoms with E-state index in [9.17, 15) is 9.59 Å². The number of esters is 2. The normalized spacial score (nSPS) is 27.3. The fourth-order valence-electron chi connectivity index (χ4n) is 3.76. The van der Waals surface area contributed by atoms with Crippen LogP contribution in [0, 0.1) is 23.7 Å². The Bertz CT molecular complexity index is 448. The molecule has 0 aromatic carbocycles. The van der Waals surface area contributed by atoms with E-state index in [2.05, 4.69) is 22.0 Å². The molecule has 1 fully saturated rings. The predicted octanol–water partition coefficient (Wildman–Crippen LogP) is 1.41. The maximum Gasteiger partial charge on any atom is 0.310 e. The Morgan fingerprint density at radius 1 is 0.840 bits per heavy atom. The molecule has 4 atom stereocenters. The molecule has 0 spiro atoms. The average molecular weight is 352 g/mol. The SMILES string of the molecule is CN(C)CCCOC(=O)C1C2C=CC(C2)C1C(=O)OCCCN(C)C. The number of allylic oxidation sites excluding steroid dienone is 2. The molecular weight excluding hydrogens is 320 g/mol. The Morgan fingerprint density at radius 3 is 1.60 bits per heavy atom. The van der Waals surface area contributed by atoms with Crippen molar-refractivity contribution in [3.8, 4) is 0 Å². The molecule has 6 nitrogen and oxygen atoms in total. The van der Waals surface area contributed by atoms with Crippen LogP contribution in [0.2, 0.25) is 0 Å². The van der Waals surface area contributed by atoms with Gasteiger partial charge in [-0.1, -0.05) is 12.2 Å². The highest BCUT2D eigenvalue weighted by Crippen LogP contribution is 2.49. The number of carbonyl (C=O) groups is 2. The number of carbonyl (C=O) groups excluding carboxylic acids is 2. The Hall–Kier alpha value is -1.40. The molecule has 0 radical (unpaired) electrons. The second kappa shape index (κ2) is 9.34. The number of fused-ring (bicyclic) bond motifs is 2. The van der Waals surface area contributed by atoms with Crippen LogP contribution in [0.4, 0.5) is 0 Å². The topological polar surface area (TPSA) is 59.1 Å². The zero-order valence-corrected chi connectivity index (χ0v) is 15.9. The monoisotopic (exact) mass is 352 g/mol. The van der Waals surface area contributed by atoms with Crippen molar-refractivity contribution < 1.29 is 19.1 Å². The summed E-state index contributed by atoms with van der Waals surface area (Å²) in [4.78, 5) is 29.2. The first-order valence-electron chi connectivity index (χ1n) is 9.21. The minimum absolute atomic E-state index is 0.116. The summed E-state index contributed by atoms with van der Waals surface area (Å²) < 4.78 is 10.9. The molecule has 2 bridgehead atoms. The van der Waals surface area contributed by atoms with Crippen LogP contribution in [-0.4, -0.2) is 76.2 Å². The second-order valence-electron chi connectivity index (χ2n) is 7.65. The summed E-state index contributed by atoms with van der Waals surface area (Å²) in [7, 11) is 7.96. The van der Waals surface area contributed by atoms with Crippen molar-refractivity contribution in [2.45, 2.75) is 19.3 Å². The lowest BCUT2D eigenvalue weighted by atomic mass is 9.83. The van der Waals surface area contributed by atoms with Gasteiger partial charge in [-0.3, -0.25) is 9.59 Å². The summed E-state index contributed by atoms with van der Waals surface area (Å²) in [6.45, 7) is 2.56. The van der Waals surface area contributed by atoms with E-state index in [0.29, 0.717) is 13.2 Å². The lowest BCUT2D eigenvalue weighted by Gasteiger charge is -2.25. The van der Waals surface area contributed by atoms with Gasteiger partial charge in [0.25, 0.3) is 0 Å². The van der Waals surface area contributed by atoms with Gasteiger partial charge in [0.1, 0.15) is 0 Å². The Kier molecular flexibility index (Phi) is 7.44. The van der Waals surface area contributed by atoms with Crippen LogP contribution >= 0.6 is 0 Å². The zero-order valence-electron chi connectivity index (χ0n) is 15.9. The molecule has 2 aliphatic carbocycles. The second-order valence-corrected chi connectivity index (χ2v) is 7.65. The Labute approximate surface area is 151 Å². The van der Waals surface area contributed by atoms with E-state index < -0.39 is 0 Å². The Morgan fingerprint density at radius 2 is 1.24 bits per heavy atom. The van der Waals surface area contributed by atoms with E-state index in [-0.39, 0.29) is 35.6 Å². The largest absolute Gasteiger partial charge is 0.465 e. The van der Waals surface area contributed by atoms with E-state index in [0.717, 1.165) is 32.4 Å². The maximum absolute atomic E-state index is 12.5. The molecule has 0 aromatic rings.